The molecule has 0 atom stereocenters. The Balaban J connectivity index is 1.30. The number of benzene rings is 2. The van der Waals surface area contributed by atoms with E-state index >= 15 is 0 Å². The second kappa shape index (κ2) is 8.70. The minimum Gasteiger partial charge on any atom is -0.370 e. The Labute approximate surface area is 194 Å². The number of nitrogens with one attached hydrogen (secondary N) is 2. The normalized spacial score (nSPS) is 16.3. The first-order valence-electron chi connectivity index (χ1n) is 11.5. The van der Waals surface area contributed by atoms with Crippen LogP contribution in [0.3, 0.4) is 0 Å². The highest BCUT2D eigenvalue weighted by atomic mass is 16.2. The Morgan fingerprint density at radius 3 is 2.45 bits per heavy atom. The molecule has 2 aromatic carbocycles. The molecule has 1 spiro atoms. The zero-order valence-electron chi connectivity index (χ0n) is 18.8. The van der Waals surface area contributed by atoms with Crippen LogP contribution in [0.15, 0.2) is 67.0 Å². The summed E-state index contributed by atoms with van der Waals surface area (Å²) < 4.78 is 0. The van der Waals surface area contributed by atoms with Gasteiger partial charge in [0.1, 0.15) is 0 Å². The third-order valence-corrected chi connectivity index (χ3v) is 6.94. The summed E-state index contributed by atoms with van der Waals surface area (Å²) in [6.07, 6.45) is 8.48. The van der Waals surface area contributed by atoms with Crippen molar-refractivity contribution in [3.8, 4) is 0 Å². The minimum atomic E-state index is -0.215. The van der Waals surface area contributed by atoms with Crippen molar-refractivity contribution in [2.75, 3.05) is 28.6 Å². The highest BCUT2D eigenvalue weighted by Crippen LogP contribution is 2.54. The van der Waals surface area contributed by atoms with E-state index in [4.69, 9.17) is 0 Å². The fourth-order valence-electron chi connectivity index (χ4n) is 4.57. The van der Waals surface area contributed by atoms with Crippen molar-refractivity contribution in [3.05, 3.63) is 83.7 Å². The highest BCUT2D eigenvalue weighted by Gasteiger charge is 2.44. The van der Waals surface area contributed by atoms with Crippen LogP contribution in [0.25, 0.3) is 0 Å². The summed E-state index contributed by atoms with van der Waals surface area (Å²) in [5.41, 5.74) is 4.87. The van der Waals surface area contributed by atoms with Crippen molar-refractivity contribution in [3.63, 3.8) is 0 Å². The Hall–Kier alpha value is -3.67. The standard InChI is InChI=1S/C27H28N4O2/c1-19-5-2-3-8-23(19)30-25(32)20-6-4-7-21(17-20)29-26(33)22-9-14-28-18-24(22)31-15-12-27(10-11-27)13-16-31/h2-9,14,17-18H,10-13,15-16H2,1H3,(H,29,33)(H,30,32). The van der Waals surface area contributed by atoms with E-state index in [0.29, 0.717) is 22.2 Å². The molecule has 0 unspecified atom stereocenters. The van der Waals surface area contributed by atoms with E-state index in [1.54, 1.807) is 42.7 Å². The SMILES string of the molecule is Cc1ccccc1NC(=O)c1cccc(NC(=O)c2ccncc2N2CCC3(CC2)CC3)c1. The Kier molecular flexibility index (Phi) is 5.58. The number of piperidine rings is 1. The smallest absolute Gasteiger partial charge is 0.257 e. The third-order valence-electron chi connectivity index (χ3n) is 6.94. The minimum absolute atomic E-state index is 0.199. The molecule has 6 nitrogen and oxygen atoms in total. The van der Waals surface area contributed by atoms with Gasteiger partial charge in [0.15, 0.2) is 0 Å². The van der Waals surface area contributed by atoms with E-state index in [-0.39, 0.29) is 11.8 Å². The van der Waals surface area contributed by atoms with E-state index in [1.807, 2.05) is 31.2 Å². The van der Waals surface area contributed by atoms with Crippen molar-refractivity contribution in [1.82, 2.24) is 4.98 Å². The molecule has 5 rings (SSSR count). The summed E-state index contributed by atoms with van der Waals surface area (Å²) in [7, 11) is 0. The summed E-state index contributed by atoms with van der Waals surface area (Å²) >= 11 is 0. The van der Waals surface area contributed by atoms with Gasteiger partial charge in [-0.15, -0.1) is 0 Å². The number of hydrogen-bond donors (Lipinski definition) is 2. The van der Waals surface area contributed by atoms with Crippen LogP contribution >= 0.6 is 0 Å². The van der Waals surface area contributed by atoms with Gasteiger partial charge in [0.05, 0.1) is 17.4 Å². The molecule has 2 N–H and O–H groups in total. The third kappa shape index (κ3) is 4.60. The molecule has 0 radical (unpaired) electrons. The first-order valence-corrected chi connectivity index (χ1v) is 11.5. The van der Waals surface area contributed by atoms with Crippen LogP contribution in [-0.2, 0) is 0 Å². The molecule has 168 valence electrons. The van der Waals surface area contributed by atoms with E-state index in [9.17, 15) is 9.59 Å². The summed E-state index contributed by atoms with van der Waals surface area (Å²) in [6, 6.07) is 16.4. The van der Waals surface area contributed by atoms with E-state index < -0.39 is 0 Å². The van der Waals surface area contributed by atoms with Gasteiger partial charge in [-0.05, 0) is 73.9 Å². The number of nitrogens with zero attached hydrogens (tertiary/aromatic N) is 2. The second-order valence-corrected chi connectivity index (χ2v) is 9.18. The van der Waals surface area contributed by atoms with Crippen molar-refractivity contribution in [2.45, 2.75) is 32.6 Å². The van der Waals surface area contributed by atoms with Gasteiger partial charge in [-0.2, -0.15) is 0 Å². The number of aromatic nitrogens is 1. The quantitative estimate of drug-likeness (QED) is 0.566. The molecule has 2 heterocycles. The fraction of sp³-hybridized carbons (Fsp3) is 0.296. The highest BCUT2D eigenvalue weighted by molar-refractivity contribution is 6.09. The van der Waals surface area contributed by atoms with Crippen LogP contribution in [0.1, 0.15) is 52.0 Å². The van der Waals surface area contributed by atoms with Gasteiger partial charge in [0.2, 0.25) is 0 Å². The largest absolute Gasteiger partial charge is 0.370 e. The van der Waals surface area contributed by atoms with Crippen molar-refractivity contribution in [1.29, 1.82) is 0 Å². The van der Waals surface area contributed by atoms with Gasteiger partial charge in [0, 0.05) is 36.2 Å². The predicted octanol–water partition coefficient (Wildman–Crippen LogP) is 5.28. The Morgan fingerprint density at radius 2 is 1.70 bits per heavy atom. The molecule has 1 saturated carbocycles. The van der Waals surface area contributed by atoms with Gasteiger partial charge in [-0.25, -0.2) is 0 Å². The van der Waals surface area contributed by atoms with Gasteiger partial charge in [-0.3, -0.25) is 14.6 Å². The van der Waals surface area contributed by atoms with Crippen LogP contribution in [0.2, 0.25) is 0 Å². The van der Waals surface area contributed by atoms with Crippen LogP contribution < -0.4 is 15.5 Å². The molecule has 1 aliphatic heterocycles. The van der Waals surface area contributed by atoms with Gasteiger partial charge < -0.3 is 15.5 Å². The monoisotopic (exact) mass is 440 g/mol. The van der Waals surface area contributed by atoms with Gasteiger partial charge in [-0.1, -0.05) is 24.3 Å². The maximum absolute atomic E-state index is 13.2. The number of carbonyl (C=O) groups excluding carboxylic acids is 2. The molecule has 33 heavy (non-hydrogen) atoms. The lowest BCUT2D eigenvalue weighted by molar-refractivity contribution is 0.101. The fourth-order valence-corrected chi connectivity index (χ4v) is 4.57. The molecular weight excluding hydrogens is 412 g/mol. The molecule has 2 aliphatic rings. The number of amides is 2. The number of rotatable bonds is 5. The Bertz CT molecular complexity index is 1190. The molecule has 3 aromatic rings. The topological polar surface area (TPSA) is 74.3 Å². The van der Waals surface area contributed by atoms with Crippen LogP contribution in [-0.4, -0.2) is 29.9 Å². The van der Waals surface area contributed by atoms with E-state index in [2.05, 4.69) is 20.5 Å². The lowest BCUT2D eigenvalue weighted by atomic mass is 9.93. The molecule has 0 bridgehead atoms. The average molecular weight is 441 g/mol. The average Bonchev–Trinajstić information content (AvgIpc) is 3.60. The predicted molar refractivity (Wildman–Crippen MR) is 131 cm³/mol. The summed E-state index contributed by atoms with van der Waals surface area (Å²) in [4.78, 5) is 32.5. The molecule has 1 aliphatic carbocycles. The summed E-state index contributed by atoms with van der Waals surface area (Å²) in [5, 5.41) is 5.90. The first-order chi connectivity index (χ1) is 16.0. The maximum Gasteiger partial charge on any atom is 0.257 e. The van der Waals surface area contributed by atoms with Crippen molar-refractivity contribution in [2.24, 2.45) is 5.41 Å². The number of pyridine rings is 1. The van der Waals surface area contributed by atoms with E-state index in [0.717, 1.165) is 30.0 Å². The number of para-hydroxylation sites is 1. The van der Waals surface area contributed by atoms with Crippen LogP contribution in [0, 0.1) is 12.3 Å². The molecule has 1 aromatic heterocycles. The molecule has 6 heteroatoms. The molecule has 2 fully saturated rings. The van der Waals surface area contributed by atoms with Gasteiger partial charge >= 0.3 is 0 Å². The number of carbonyl (C=O) groups is 2. The van der Waals surface area contributed by atoms with Gasteiger partial charge in [0.25, 0.3) is 11.8 Å². The van der Waals surface area contributed by atoms with Crippen molar-refractivity contribution >= 4 is 28.9 Å². The summed E-state index contributed by atoms with van der Waals surface area (Å²) in [5.74, 6) is -0.414. The lowest BCUT2D eigenvalue weighted by Crippen LogP contribution is -2.35. The van der Waals surface area contributed by atoms with E-state index in [1.165, 1.54) is 25.7 Å². The number of anilines is 3. The number of hydrogen-bond acceptors (Lipinski definition) is 4. The van der Waals surface area contributed by atoms with Crippen LogP contribution in [0.5, 0.6) is 0 Å². The molecule has 1 saturated heterocycles. The summed E-state index contributed by atoms with van der Waals surface area (Å²) in [6.45, 7) is 3.87. The molecular formula is C27H28N4O2. The molecule has 2 amide bonds. The zero-order valence-corrected chi connectivity index (χ0v) is 18.8. The van der Waals surface area contributed by atoms with Crippen LogP contribution in [0.4, 0.5) is 17.1 Å². The first kappa shape index (κ1) is 21.2. The van der Waals surface area contributed by atoms with Crippen molar-refractivity contribution < 1.29 is 9.59 Å². The number of aryl methyl sites for hydroxylation is 1. The second-order valence-electron chi connectivity index (χ2n) is 9.18. The zero-order chi connectivity index (χ0) is 22.8. The lowest BCUT2D eigenvalue weighted by Gasteiger charge is -2.34. The Morgan fingerprint density at radius 1 is 0.909 bits per heavy atom. The maximum atomic E-state index is 13.2.